The fraction of sp³-hybridized carbons (Fsp3) is 0.600. The predicted molar refractivity (Wildman–Crippen MR) is 86.2 cm³/mol. The van der Waals surface area contributed by atoms with E-state index in [-0.39, 0.29) is 0 Å². The molecule has 21 heavy (non-hydrogen) atoms. The molecule has 1 fully saturated rings. The average molecular weight is 311 g/mol. The van der Waals surface area contributed by atoms with Crippen LogP contribution in [0.4, 0.5) is 5.69 Å². The molecular formula is C15H25N3O2S. The second-order valence-corrected chi connectivity index (χ2v) is 7.11. The molecule has 1 unspecified atom stereocenters. The lowest BCUT2D eigenvalue weighted by molar-refractivity contribution is 0.431. The second kappa shape index (κ2) is 7.24. The maximum atomic E-state index is 11.9. The van der Waals surface area contributed by atoms with E-state index in [1.54, 1.807) is 19.1 Å². The summed E-state index contributed by atoms with van der Waals surface area (Å²) in [5, 5.41) is 3.49. The number of piperidine rings is 1. The first kappa shape index (κ1) is 16.3. The summed E-state index contributed by atoms with van der Waals surface area (Å²) in [6, 6.07) is 7.69. The Morgan fingerprint density at radius 1 is 1.19 bits per heavy atom. The topological polar surface area (TPSA) is 61.4 Å². The summed E-state index contributed by atoms with van der Waals surface area (Å²) in [4.78, 5) is 2.65. The average Bonchev–Trinajstić information content (AvgIpc) is 2.48. The van der Waals surface area contributed by atoms with Gasteiger partial charge in [0.1, 0.15) is 0 Å². The molecule has 0 spiro atoms. The van der Waals surface area contributed by atoms with Crippen LogP contribution < -0.4 is 14.9 Å². The Labute approximate surface area is 127 Å². The van der Waals surface area contributed by atoms with Crippen molar-refractivity contribution in [1.29, 1.82) is 0 Å². The largest absolute Gasteiger partial charge is 0.370 e. The number of nitrogens with zero attached hydrogens (tertiary/aromatic N) is 1. The van der Waals surface area contributed by atoms with Crippen LogP contribution in [0.1, 0.15) is 26.7 Å². The Bertz CT molecular complexity index is 541. The predicted octanol–water partition coefficient (Wildman–Crippen LogP) is 1.56. The lowest BCUT2D eigenvalue weighted by Crippen LogP contribution is -2.45. The first-order chi connectivity index (χ1) is 10.1. The Kier molecular flexibility index (Phi) is 5.61. The van der Waals surface area contributed by atoms with Crippen LogP contribution in [0.5, 0.6) is 0 Å². The van der Waals surface area contributed by atoms with Crippen LogP contribution in [0.3, 0.4) is 0 Å². The molecule has 0 aromatic heterocycles. The molecule has 0 bridgehead atoms. The molecule has 0 amide bonds. The molecule has 1 aromatic rings. The van der Waals surface area contributed by atoms with E-state index >= 15 is 0 Å². The molecule has 1 atom stereocenters. The number of hydrogen-bond acceptors (Lipinski definition) is 4. The highest BCUT2D eigenvalue weighted by atomic mass is 32.2. The van der Waals surface area contributed by atoms with E-state index in [1.807, 2.05) is 12.1 Å². The molecule has 0 radical (unpaired) electrons. The third-order valence-corrected chi connectivity index (χ3v) is 5.32. The van der Waals surface area contributed by atoms with Gasteiger partial charge in [-0.25, -0.2) is 13.1 Å². The third-order valence-electron chi connectivity index (χ3n) is 3.76. The smallest absolute Gasteiger partial charge is 0.240 e. The Morgan fingerprint density at radius 2 is 1.90 bits per heavy atom. The van der Waals surface area contributed by atoms with Crippen molar-refractivity contribution < 1.29 is 8.42 Å². The van der Waals surface area contributed by atoms with E-state index in [9.17, 15) is 8.42 Å². The van der Waals surface area contributed by atoms with Gasteiger partial charge in [-0.05, 0) is 43.7 Å². The van der Waals surface area contributed by atoms with Gasteiger partial charge in [0.05, 0.1) is 4.90 Å². The second-order valence-electron chi connectivity index (χ2n) is 5.34. The molecule has 1 aromatic carbocycles. The van der Waals surface area contributed by atoms with Crippen molar-refractivity contribution >= 4 is 15.7 Å². The van der Waals surface area contributed by atoms with Gasteiger partial charge in [-0.2, -0.15) is 0 Å². The van der Waals surface area contributed by atoms with Crippen LogP contribution in [0.25, 0.3) is 0 Å². The van der Waals surface area contributed by atoms with E-state index in [0.29, 0.717) is 17.5 Å². The highest BCUT2D eigenvalue weighted by molar-refractivity contribution is 7.89. The number of likely N-dealkylation sites (N-methyl/N-ethyl adjacent to an activating group) is 1. The van der Waals surface area contributed by atoms with Gasteiger partial charge in [0.2, 0.25) is 10.0 Å². The standard InChI is InChI=1S/C15H25N3O2S/c1-3-16-13-6-5-11-18(12-13)14-7-9-15(10-8-14)21(19,20)17-4-2/h7-10,13,16-17H,3-6,11-12H2,1-2H3. The molecule has 1 aliphatic rings. The van der Waals surface area contributed by atoms with Crippen molar-refractivity contribution in [1.82, 2.24) is 10.0 Å². The van der Waals surface area contributed by atoms with Crippen molar-refractivity contribution in [3.63, 3.8) is 0 Å². The summed E-state index contributed by atoms with van der Waals surface area (Å²) in [5.74, 6) is 0. The summed E-state index contributed by atoms with van der Waals surface area (Å²) >= 11 is 0. The summed E-state index contributed by atoms with van der Waals surface area (Å²) in [6.07, 6.45) is 2.37. The first-order valence-electron chi connectivity index (χ1n) is 7.65. The van der Waals surface area contributed by atoms with Gasteiger partial charge in [-0.1, -0.05) is 13.8 Å². The van der Waals surface area contributed by atoms with Crippen LogP contribution >= 0.6 is 0 Å². The van der Waals surface area contributed by atoms with Crippen molar-refractivity contribution in [3.8, 4) is 0 Å². The van der Waals surface area contributed by atoms with Gasteiger partial charge in [0.15, 0.2) is 0 Å². The minimum Gasteiger partial charge on any atom is -0.370 e. The molecule has 6 heteroatoms. The van der Waals surface area contributed by atoms with Crippen LogP contribution in [0.15, 0.2) is 29.2 Å². The molecule has 0 saturated carbocycles. The molecule has 1 aliphatic heterocycles. The maximum absolute atomic E-state index is 11.9. The third kappa shape index (κ3) is 4.18. The van der Waals surface area contributed by atoms with Crippen molar-refractivity contribution in [2.75, 3.05) is 31.1 Å². The molecule has 1 heterocycles. The van der Waals surface area contributed by atoms with Gasteiger partial charge in [-0.15, -0.1) is 0 Å². The molecule has 118 valence electrons. The van der Waals surface area contributed by atoms with E-state index in [0.717, 1.165) is 31.7 Å². The van der Waals surface area contributed by atoms with Gasteiger partial charge in [0, 0.05) is 31.4 Å². The van der Waals surface area contributed by atoms with Crippen molar-refractivity contribution in [2.45, 2.75) is 37.6 Å². The Hall–Kier alpha value is -1.11. The van der Waals surface area contributed by atoms with E-state index in [1.165, 1.54) is 6.42 Å². The van der Waals surface area contributed by atoms with E-state index in [2.05, 4.69) is 21.9 Å². The minimum atomic E-state index is -3.36. The van der Waals surface area contributed by atoms with Gasteiger partial charge in [0.25, 0.3) is 0 Å². The van der Waals surface area contributed by atoms with Gasteiger partial charge in [-0.3, -0.25) is 0 Å². The number of sulfonamides is 1. The quantitative estimate of drug-likeness (QED) is 0.837. The van der Waals surface area contributed by atoms with E-state index in [4.69, 9.17) is 0 Å². The van der Waals surface area contributed by atoms with Crippen LogP contribution in [-0.4, -0.2) is 40.6 Å². The molecule has 0 aliphatic carbocycles. The molecule has 2 rings (SSSR count). The number of nitrogens with one attached hydrogen (secondary N) is 2. The fourth-order valence-corrected chi connectivity index (χ4v) is 3.82. The first-order valence-corrected chi connectivity index (χ1v) is 9.13. The number of rotatable bonds is 6. The molecule has 2 N–H and O–H groups in total. The highest BCUT2D eigenvalue weighted by Crippen LogP contribution is 2.22. The zero-order valence-corrected chi connectivity index (χ0v) is 13.6. The lowest BCUT2D eigenvalue weighted by Gasteiger charge is -2.34. The molecular weight excluding hydrogens is 286 g/mol. The monoisotopic (exact) mass is 311 g/mol. The summed E-state index contributed by atoms with van der Waals surface area (Å²) in [6.45, 7) is 7.30. The number of benzene rings is 1. The summed E-state index contributed by atoms with van der Waals surface area (Å²) in [5.41, 5.74) is 1.09. The SMILES string of the molecule is CCNC1CCCN(c2ccc(S(=O)(=O)NCC)cc2)C1. The minimum absolute atomic E-state index is 0.327. The summed E-state index contributed by atoms with van der Waals surface area (Å²) < 4.78 is 26.4. The van der Waals surface area contributed by atoms with Gasteiger partial charge < -0.3 is 10.2 Å². The number of anilines is 1. The molecule has 1 saturated heterocycles. The van der Waals surface area contributed by atoms with Crippen LogP contribution in [0.2, 0.25) is 0 Å². The zero-order valence-electron chi connectivity index (χ0n) is 12.8. The summed E-state index contributed by atoms with van der Waals surface area (Å²) in [7, 11) is -3.36. The fourth-order valence-electron chi connectivity index (χ4n) is 2.78. The zero-order chi connectivity index (χ0) is 15.3. The maximum Gasteiger partial charge on any atom is 0.240 e. The van der Waals surface area contributed by atoms with Gasteiger partial charge >= 0.3 is 0 Å². The Morgan fingerprint density at radius 3 is 2.52 bits per heavy atom. The highest BCUT2D eigenvalue weighted by Gasteiger charge is 2.20. The van der Waals surface area contributed by atoms with Crippen LogP contribution in [0, 0.1) is 0 Å². The van der Waals surface area contributed by atoms with E-state index < -0.39 is 10.0 Å². The molecule has 5 nitrogen and oxygen atoms in total. The van der Waals surface area contributed by atoms with Crippen LogP contribution in [-0.2, 0) is 10.0 Å². The lowest BCUT2D eigenvalue weighted by atomic mass is 10.0. The normalized spacial score (nSPS) is 19.7. The van der Waals surface area contributed by atoms with Crippen molar-refractivity contribution in [2.24, 2.45) is 0 Å². The Balaban J connectivity index is 2.08. The van der Waals surface area contributed by atoms with Crippen molar-refractivity contribution in [3.05, 3.63) is 24.3 Å². The number of hydrogen-bond donors (Lipinski definition) is 2.